The monoisotopic (exact) mass is 433 g/mol. The first-order chi connectivity index (χ1) is 12.1. The summed E-state index contributed by atoms with van der Waals surface area (Å²) in [5.74, 6) is 0.701. The Morgan fingerprint density at radius 1 is 1.20 bits per heavy atom. The highest BCUT2D eigenvalue weighted by Crippen LogP contribution is 2.34. The van der Waals surface area contributed by atoms with Crippen molar-refractivity contribution in [2.75, 3.05) is 6.54 Å². The van der Waals surface area contributed by atoms with Gasteiger partial charge in [0.2, 0.25) is 0 Å². The minimum atomic E-state index is -0.0415. The van der Waals surface area contributed by atoms with Gasteiger partial charge in [-0.2, -0.15) is 0 Å². The summed E-state index contributed by atoms with van der Waals surface area (Å²) in [6.07, 6.45) is 1.85. The number of hydrogen-bond acceptors (Lipinski definition) is 4. The Morgan fingerprint density at radius 3 is 2.60 bits per heavy atom. The highest BCUT2D eigenvalue weighted by atomic mass is 79.9. The van der Waals surface area contributed by atoms with Crippen LogP contribution < -0.4 is 4.74 Å². The number of thiocarbonyl (C=S) groups is 1. The third-order valence-electron chi connectivity index (χ3n) is 3.70. The maximum Gasteiger partial charge on any atom is 0.266 e. The number of carbonyl (C=O) groups is 1. The predicted molar refractivity (Wildman–Crippen MR) is 110 cm³/mol. The lowest BCUT2D eigenvalue weighted by Crippen LogP contribution is -2.27. The molecule has 1 fully saturated rings. The van der Waals surface area contributed by atoms with Gasteiger partial charge in [-0.3, -0.25) is 9.69 Å². The van der Waals surface area contributed by atoms with Crippen molar-refractivity contribution in [3.63, 3.8) is 0 Å². The molecule has 0 spiro atoms. The van der Waals surface area contributed by atoms with Crippen LogP contribution in [0.4, 0.5) is 0 Å². The lowest BCUT2D eigenvalue weighted by molar-refractivity contribution is -0.121. The molecule has 25 heavy (non-hydrogen) atoms. The van der Waals surface area contributed by atoms with E-state index in [-0.39, 0.29) is 5.91 Å². The second-order valence-electron chi connectivity index (χ2n) is 5.38. The van der Waals surface area contributed by atoms with Crippen molar-refractivity contribution in [2.45, 2.75) is 13.5 Å². The summed E-state index contributed by atoms with van der Waals surface area (Å²) in [4.78, 5) is 14.6. The number of nitrogens with zero attached hydrogens (tertiary/aromatic N) is 1. The van der Waals surface area contributed by atoms with Gasteiger partial charge in [0.05, 0.1) is 4.91 Å². The molecular weight excluding hydrogens is 418 g/mol. The second-order valence-corrected chi connectivity index (χ2v) is 7.97. The molecule has 2 aromatic rings. The normalized spacial score (nSPS) is 15.9. The lowest BCUT2D eigenvalue weighted by Gasteiger charge is -2.10. The molecule has 2 aromatic carbocycles. The Morgan fingerprint density at radius 2 is 1.92 bits per heavy atom. The minimum absolute atomic E-state index is 0.0415. The van der Waals surface area contributed by atoms with E-state index >= 15 is 0 Å². The molecule has 0 unspecified atom stereocenters. The average molecular weight is 434 g/mol. The van der Waals surface area contributed by atoms with Gasteiger partial charge in [-0.25, -0.2) is 0 Å². The Bertz CT molecular complexity index is 834. The molecule has 0 aliphatic carbocycles. The molecule has 0 radical (unpaired) electrons. The lowest BCUT2D eigenvalue weighted by atomic mass is 10.1. The third-order valence-corrected chi connectivity index (χ3v) is 5.61. The molecule has 0 N–H and O–H groups in total. The van der Waals surface area contributed by atoms with E-state index in [4.69, 9.17) is 17.0 Å². The van der Waals surface area contributed by atoms with Crippen molar-refractivity contribution in [1.82, 2.24) is 4.90 Å². The quantitative estimate of drug-likeness (QED) is 0.475. The Labute approximate surface area is 165 Å². The number of thioether (sulfide) groups is 1. The van der Waals surface area contributed by atoms with Crippen LogP contribution in [0.3, 0.4) is 0 Å². The first kappa shape index (κ1) is 18.2. The van der Waals surface area contributed by atoms with Gasteiger partial charge in [-0.1, -0.05) is 70.2 Å². The number of likely N-dealkylation sites (N-methyl/N-ethyl adjacent to an activating group) is 1. The number of amides is 1. The van der Waals surface area contributed by atoms with Gasteiger partial charge in [0, 0.05) is 16.6 Å². The molecule has 6 heteroatoms. The molecule has 0 saturated carbocycles. The molecule has 1 aliphatic heterocycles. The Kier molecular flexibility index (Phi) is 5.93. The molecule has 128 valence electrons. The number of rotatable bonds is 5. The zero-order chi connectivity index (χ0) is 17.8. The third kappa shape index (κ3) is 4.32. The van der Waals surface area contributed by atoms with Crippen LogP contribution in [0.5, 0.6) is 5.75 Å². The molecule has 0 bridgehead atoms. The topological polar surface area (TPSA) is 29.5 Å². The maximum absolute atomic E-state index is 12.4. The first-order valence-electron chi connectivity index (χ1n) is 7.80. The SMILES string of the molecule is CCN1C(=O)/C(=C\c2ccccc2OCc2ccc(Br)cc2)SC1=S. The van der Waals surface area contributed by atoms with Gasteiger partial charge < -0.3 is 4.74 Å². The summed E-state index contributed by atoms with van der Waals surface area (Å²) >= 11 is 10.0. The summed E-state index contributed by atoms with van der Waals surface area (Å²) in [6, 6.07) is 15.7. The number of ether oxygens (including phenoxy) is 1. The molecule has 1 heterocycles. The van der Waals surface area contributed by atoms with E-state index < -0.39 is 0 Å². The zero-order valence-electron chi connectivity index (χ0n) is 13.6. The molecule has 3 rings (SSSR count). The van der Waals surface area contributed by atoms with Crippen molar-refractivity contribution in [2.24, 2.45) is 0 Å². The summed E-state index contributed by atoms with van der Waals surface area (Å²) < 4.78 is 7.60. The molecule has 1 aliphatic rings. The van der Waals surface area contributed by atoms with Crippen LogP contribution >= 0.6 is 39.9 Å². The largest absolute Gasteiger partial charge is 0.488 e. The van der Waals surface area contributed by atoms with Gasteiger partial charge in [0.25, 0.3) is 5.91 Å². The van der Waals surface area contributed by atoms with Gasteiger partial charge >= 0.3 is 0 Å². The number of benzene rings is 2. The van der Waals surface area contributed by atoms with E-state index in [0.29, 0.717) is 22.4 Å². The summed E-state index contributed by atoms with van der Waals surface area (Å²) in [5.41, 5.74) is 1.95. The summed E-state index contributed by atoms with van der Waals surface area (Å²) in [7, 11) is 0. The maximum atomic E-state index is 12.4. The average Bonchev–Trinajstić information content (AvgIpc) is 2.88. The molecule has 0 atom stereocenters. The number of halogens is 1. The molecule has 1 saturated heterocycles. The summed E-state index contributed by atoms with van der Waals surface area (Å²) in [5, 5.41) is 0. The minimum Gasteiger partial charge on any atom is -0.488 e. The van der Waals surface area contributed by atoms with E-state index in [0.717, 1.165) is 21.3 Å². The van der Waals surface area contributed by atoms with Crippen molar-refractivity contribution >= 4 is 56.2 Å². The van der Waals surface area contributed by atoms with E-state index in [1.807, 2.05) is 61.5 Å². The fourth-order valence-electron chi connectivity index (χ4n) is 2.39. The van der Waals surface area contributed by atoms with Gasteiger partial charge in [0.15, 0.2) is 0 Å². The van der Waals surface area contributed by atoms with Gasteiger partial charge in [-0.15, -0.1) is 0 Å². The highest BCUT2D eigenvalue weighted by Gasteiger charge is 2.30. The van der Waals surface area contributed by atoms with Crippen LogP contribution in [0.1, 0.15) is 18.1 Å². The Hall–Kier alpha value is -1.63. The van der Waals surface area contributed by atoms with Crippen LogP contribution in [-0.2, 0) is 11.4 Å². The van der Waals surface area contributed by atoms with E-state index in [1.165, 1.54) is 11.8 Å². The fraction of sp³-hybridized carbons (Fsp3) is 0.158. The van der Waals surface area contributed by atoms with Crippen molar-refractivity contribution in [3.8, 4) is 5.75 Å². The standard InChI is InChI=1S/C19H16BrNO2S2/c1-2-21-18(22)17(25-19(21)24)11-14-5-3-4-6-16(14)23-12-13-7-9-15(20)10-8-13/h3-11H,2,12H2,1H3/b17-11+. The first-order valence-corrected chi connectivity index (χ1v) is 9.82. The van der Waals surface area contributed by atoms with Crippen molar-refractivity contribution < 1.29 is 9.53 Å². The van der Waals surface area contributed by atoms with Crippen LogP contribution in [-0.4, -0.2) is 21.7 Å². The van der Waals surface area contributed by atoms with E-state index in [2.05, 4.69) is 15.9 Å². The van der Waals surface area contributed by atoms with E-state index in [1.54, 1.807) is 4.90 Å². The number of para-hydroxylation sites is 1. The molecule has 1 amide bonds. The van der Waals surface area contributed by atoms with Crippen LogP contribution in [0.15, 0.2) is 57.9 Å². The molecule has 3 nitrogen and oxygen atoms in total. The van der Waals surface area contributed by atoms with Crippen LogP contribution in [0.2, 0.25) is 0 Å². The van der Waals surface area contributed by atoms with Gasteiger partial charge in [-0.05, 0) is 36.8 Å². The Balaban J connectivity index is 1.79. The molecule has 0 aromatic heterocycles. The van der Waals surface area contributed by atoms with Crippen LogP contribution in [0.25, 0.3) is 6.08 Å². The van der Waals surface area contributed by atoms with E-state index in [9.17, 15) is 4.79 Å². The smallest absolute Gasteiger partial charge is 0.266 e. The van der Waals surface area contributed by atoms with Crippen LogP contribution in [0, 0.1) is 0 Å². The molecular formula is C19H16BrNO2S2. The number of carbonyl (C=O) groups excluding carboxylic acids is 1. The summed E-state index contributed by atoms with van der Waals surface area (Å²) in [6.45, 7) is 2.97. The second kappa shape index (κ2) is 8.17. The van der Waals surface area contributed by atoms with Crippen molar-refractivity contribution in [1.29, 1.82) is 0 Å². The number of hydrogen-bond donors (Lipinski definition) is 0. The fourth-order valence-corrected chi connectivity index (χ4v) is 4.03. The zero-order valence-corrected chi connectivity index (χ0v) is 16.8. The van der Waals surface area contributed by atoms with Crippen molar-refractivity contribution in [3.05, 3.63) is 69.0 Å². The predicted octanol–water partition coefficient (Wildman–Crippen LogP) is 5.25. The highest BCUT2D eigenvalue weighted by molar-refractivity contribution is 9.10. The van der Waals surface area contributed by atoms with Gasteiger partial charge in [0.1, 0.15) is 16.7 Å².